The molecule has 29 heavy (non-hydrogen) atoms. The molecule has 0 aliphatic carbocycles. The Labute approximate surface area is 168 Å². The maximum atomic E-state index is 12.4. The minimum atomic E-state index is -4.77. The molecular weight excluding hydrogens is 411 g/mol. The maximum Gasteiger partial charge on any atom is 0.573 e. The minimum absolute atomic E-state index is 0.200. The number of alkyl halides is 3. The quantitative estimate of drug-likeness (QED) is 0.556. The van der Waals surface area contributed by atoms with E-state index in [2.05, 4.69) is 25.7 Å². The summed E-state index contributed by atoms with van der Waals surface area (Å²) >= 11 is 5.15. The lowest BCUT2D eigenvalue weighted by Crippen LogP contribution is -2.45. The molecule has 0 amide bonds. The highest BCUT2D eigenvalue weighted by molar-refractivity contribution is 7.80. The summed E-state index contributed by atoms with van der Waals surface area (Å²) in [5, 5.41) is 14.2. The van der Waals surface area contributed by atoms with Crippen LogP contribution in [0.3, 0.4) is 0 Å². The highest BCUT2D eigenvalue weighted by Gasteiger charge is 2.33. The van der Waals surface area contributed by atoms with Gasteiger partial charge in [-0.3, -0.25) is 0 Å². The van der Waals surface area contributed by atoms with Crippen molar-refractivity contribution in [3.8, 4) is 11.4 Å². The molecule has 0 saturated carbocycles. The van der Waals surface area contributed by atoms with E-state index in [-0.39, 0.29) is 12.4 Å². The van der Waals surface area contributed by atoms with Gasteiger partial charge in [-0.15, -0.1) is 18.3 Å². The number of nitrogens with zero attached hydrogens (tertiary/aromatic N) is 3. The fraction of sp³-hybridized carbons (Fsp3) is 0.294. The van der Waals surface area contributed by atoms with Crippen molar-refractivity contribution >= 4 is 23.3 Å². The first-order valence-electron chi connectivity index (χ1n) is 8.41. The number of rotatable bonds is 5. The number of thiocarbonyl (C=S) groups is 1. The van der Waals surface area contributed by atoms with Crippen molar-refractivity contribution in [3.63, 3.8) is 0 Å². The van der Waals surface area contributed by atoms with Crippen LogP contribution in [0.5, 0.6) is 5.75 Å². The van der Waals surface area contributed by atoms with Crippen LogP contribution in [0.2, 0.25) is 0 Å². The zero-order chi connectivity index (χ0) is 21.2. The highest BCUT2D eigenvalue weighted by atomic mass is 32.1. The molecule has 12 heteroatoms. The number of carbonyl (C=O) groups excluding carboxylic acids is 1. The van der Waals surface area contributed by atoms with Crippen molar-refractivity contribution in [2.75, 3.05) is 6.61 Å². The summed E-state index contributed by atoms with van der Waals surface area (Å²) < 4.78 is 47.1. The van der Waals surface area contributed by atoms with Crippen molar-refractivity contribution in [1.82, 2.24) is 25.6 Å². The molecule has 1 aliphatic rings. The number of benzene rings is 1. The van der Waals surface area contributed by atoms with E-state index in [1.165, 1.54) is 23.0 Å². The zero-order valence-electron chi connectivity index (χ0n) is 15.3. The van der Waals surface area contributed by atoms with E-state index in [1.807, 2.05) is 0 Å². The van der Waals surface area contributed by atoms with Gasteiger partial charge >= 0.3 is 12.3 Å². The molecule has 2 aromatic rings. The van der Waals surface area contributed by atoms with Gasteiger partial charge in [-0.05, 0) is 50.3 Å². The topological polar surface area (TPSA) is 90.3 Å². The second-order valence-corrected chi connectivity index (χ2v) is 6.33. The van der Waals surface area contributed by atoms with Gasteiger partial charge in [-0.1, -0.05) is 5.21 Å². The Kier molecular flexibility index (Phi) is 5.73. The summed E-state index contributed by atoms with van der Waals surface area (Å²) in [6, 6.07) is 4.43. The van der Waals surface area contributed by atoms with E-state index in [0.29, 0.717) is 27.8 Å². The summed E-state index contributed by atoms with van der Waals surface area (Å²) in [4.78, 5) is 12.4. The van der Waals surface area contributed by atoms with Crippen LogP contribution in [0.1, 0.15) is 25.6 Å². The third-order valence-corrected chi connectivity index (χ3v) is 4.13. The third kappa shape index (κ3) is 4.83. The van der Waals surface area contributed by atoms with Gasteiger partial charge in [-0.25, -0.2) is 9.48 Å². The monoisotopic (exact) mass is 427 g/mol. The van der Waals surface area contributed by atoms with E-state index in [9.17, 15) is 18.0 Å². The van der Waals surface area contributed by atoms with Gasteiger partial charge in [0.2, 0.25) is 0 Å². The molecule has 8 nitrogen and oxygen atoms in total. The van der Waals surface area contributed by atoms with Crippen molar-refractivity contribution in [3.05, 3.63) is 47.4 Å². The standard InChI is InChI=1S/C17H16F3N5O3S/c1-3-27-15(26)13-9(2)21-16(29)22-14(13)12-8-25(24-23-12)10-4-6-11(7-5-10)28-17(18,19)20/h4-8,14H,3H2,1-2H3,(H2,21,22,29). The molecule has 3 rings (SSSR count). The first-order valence-corrected chi connectivity index (χ1v) is 8.82. The molecule has 1 aromatic heterocycles. The number of hydrogen-bond acceptors (Lipinski definition) is 6. The van der Waals surface area contributed by atoms with Crippen LogP contribution in [-0.2, 0) is 9.53 Å². The van der Waals surface area contributed by atoms with Gasteiger partial charge in [0.15, 0.2) is 5.11 Å². The van der Waals surface area contributed by atoms with Crippen LogP contribution in [0.4, 0.5) is 13.2 Å². The van der Waals surface area contributed by atoms with Crippen LogP contribution in [0.15, 0.2) is 41.7 Å². The highest BCUT2D eigenvalue weighted by Crippen LogP contribution is 2.27. The average molecular weight is 427 g/mol. The first-order chi connectivity index (χ1) is 13.7. The summed E-state index contributed by atoms with van der Waals surface area (Å²) in [6.07, 6.45) is -3.23. The Morgan fingerprint density at radius 2 is 2.00 bits per heavy atom. The number of hydrogen-bond donors (Lipinski definition) is 2. The number of carbonyl (C=O) groups is 1. The van der Waals surface area contributed by atoms with Crippen molar-refractivity contribution in [1.29, 1.82) is 0 Å². The van der Waals surface area contributed by atoms with Gasteiger partial charge < -0.3 is 20.1 Å². The summed E-state index contributed by atoms with van der Waals surface area (Å²) in [5.41, 5.74) is 1.67. The van der Waals surface area contributed by atoms with Crippen molar-refractivity contribution in [2.24, 2.45) is 0 Å². The van der Waals surface area contributed by atoms with E-state index in [1.54, 1.807) is 13.8 Å². The Bertz CT molecular complexity index is 956. The van der Waals surface area contributed by atoms with Gasteiger partial charge in [0.25, 0.3) is 0 Å². The Morgan fingerprint density at radius 1 is 1.31 bits per heavy atom. The number of ether oxygens (including phenoxy) is 2. The molecule has 2 heterocycles. The van der Waals surface area contributed by atoms with Gasteiger partial charge in [0, 0.05) is 5.70 Å². The Hall–Kier alpha value is -3.15. The Morgan fingerprint density at radius 3 is 2.62 bits per heavy atom. The molecule has 1 aliphatic heterocycles. The second kappa shape index (κ2) is 8.07. The van der Waals surface area contributed by atoms with Crippen LogP contribution < -0.4 is 15.4 Å². The van der Waals surface area contributed by atoms with E-state index < -0.39 is 18.4 Å². The molecule has 1 unspecified atom stereocenters. The molecule has 0 spiro atoms. The first kappa shape index (κ1) is 20.6. The fourth-order valence-electron chi connectivity index (χ4n) is 2.73. The third-order valence-electron chi connectivity index (χ3n) is 3.91. The molecule has 1 aromatic carbocycles. The predicted molar refractivity (Wildman–Crippen MR) is 99.0 cm³/mol. The van der Waals surface area contributed by atoms with Gasteiger partial charge in [0.1, 0.15) is 17.5 Å². The second-order valence-electron chi connectivity index (χ2n) is 5.92. The van der Waals surface area contributed by atoms with E-state index in [4.69, 9.17) is 17.0 Å². The van der Waals surface area contributed by atoms with Crippen LogP contribution in [0.25, 0.3) is 5.69 Å². The minimum Gasteiger partial charge on any atom is -0.463 e. The number of halogens is 3. The normalized spacial score (nSPS) is 16.9. The van der Waals surface area contributed by atoms with Crippen LogP contribution >= 0.6 is 12.2 Å². The molecule has 0 bridgehead atoms. The zero-order valence-corrected chi connectivity index (χ0v) is 16.1. The van der Waals surface area contributed by atoms with Crippen LogP contribution in [0, 0.1) is 0 Å². The molecule has 1 atom stereocenters. The SMILES string of the molecule is CCOC(=O)C1=C(C)NC(=S)NC1c1cn(-c2ccc(OC(F)(F)F)cc2)nn1. The lowest BCUT2D eigenvalue weighted by Gasteiger charge is -2.28. The number of esters is 1. The lowest BCUT2D eigenvalue weighted by atomic mass is 10.0. The fourth-order valence-corrected chi connectivity index (χ4v) is 3.00. The Balaban J connectivity index is 1.87. The van der Waals surface area contributed by atoms with Crippen LogP contribution in [-0.4, -0.2) is 39.0 Å². The molecular formula is C17H16F3N5O3S. The summed E-state index contributed by atoms with van der Waals surface area (Å²) in [7, 11) is 0. The number of allylic oxidation sites excluding steroid dienone is 1. The molecule has 0 radical (unpaired) electrons. The largest absolute Gasteiger partial charge is 0.573 e. The number of nitrogens with one attached hydrogen (secondary N) is 2. The summed E-state index contributed by atoms with van der Waals surface area (Å²) in [6.45, 7) is 3.58. The van der Waals surface area contributed by atoms with Crippen molar-refractivity contribution < 1.29 is 27.4 Å². The summed E-state index contributed by atoms with van der Waals surface area (Å²) in [5.74, 6) is -0.879. The predicted octanol–water partition coefficient (Wildman–Crippen LogP) is 2.52. The maximum absolute atomic E-state index is 12.4. The molecule has 2 N–H and O–H groups in total. The number of aromatic nitrogens is 3. The molecule has 0 fully saturated rings. The molecule has 0 saturated heterocycles. The molecule has 154 valence electrons. The van der Waals surface area contributed by atoms with Crippen molar-refractivity contribution in [2.45, 2.75) is 26.3 Å². The lowest BCUT2D eigenvalue weighted by molar-refractivity contribution is -0.274. The van der Waals surface area contributed by atoms with Gasteiger partial charge in [-0.2, -0.15) is 0 Å². The van der Waals surface area contributed by atoms with E-state index in [0.717, 1.165) is 12.1 Å². The average Bonchev–Trinajstić information content (AvgIpc) is 3.10. The van der Waals surface area contributed by atoms with E-state index >= 15 is 0 Å². The van der Waals surface area contributed by atoms with Gasteiger partial charge in [0.05, 0.1) is 24.1 Å². The smallest absolute Gasteiger partial charge is 0.463 e.